The van der Waals surface area contributed by atoms with E-state index in [2.05, 4.69) is 4.90 Å². The molecule has 2 fully saturated rings. The zero-order valence-corrected chi connectivity index (χ0v) is 13.7. The van der Waals surface area contributed by atoms with Gasteiger partial charge in [-0.1, -0.05) is 24.6 Å². The summed E-state index contributed by atoms with van der Waals surface area (Å²) < 4.78 is 5.32. The quantitative estimate of drug-likeness (QED) is 0.620. The van der Waals surface area contributed by atoms with Crippen molar-refractivity contribution in [3.63, 3.8) is 0 Å². The van der Waals surface area contributed by atoms with E-state index >= 15 is 0 Å². The molecule has 0 unspecified atom stereocenters. The molecule has 0 radical (unpaired) electrons. The van der Waals surface area contributed by atoms with Gasteiger partial charge in [-0.2, -0.15) is 0 Å². The second-order valence-electron chi connectivity index (χ2n) is 6.31. The van der Waals surface area contributed by atoms with Gasteiger partial charge in [0.2, 0.25) is 5.91 Å². The fourth-order valence-electron chi connectivity index (χ4n) is 3.50. The first-order valence-electron chi connectivity index (χ1n) is 8.49. The summed E-state index contributed by atoms with van der Waals surface area (Å²) in [7, 11) is 0. The molecule has 7 heteroatoms. The van der Waals surface area contributed by atoms with Crippen LogP contribution in [-0.2, 0) is 16.1 Å². The lowest BCUT2D eigenvalue weighted by Crippen LogP contribution is -2.53. The molecule has 7 nitrogen and oxygen atoms in total. The number of nitrogens with zero attached hydrogens (tertiary/aromatic N) is 3. The van der Waals surface area contributed by atoms with Crippen LogP contribution in [-0.4, -0.2) is 59.5 Å². The molecule has 0 aliphatic carbocycles. The number of piperidine rings is 1. The van der Waals surface area contributed by atoms with Crippen LogP contribution in [0, 0.1) is 10.1 Å². The average Bonchev–Trinajstić information content (AvgIpc) is 2.62. The van der Waals surface area contributed by atoms with Crippen LogP contribution in [0.15, 0.2) is 24.3 Å². The Bertz CT molecular complexity index is 601. The molecular formula is C17H23N3O4. The van der Waals surface area contributed by atoms with Gasteiger partial charge < -0.3 is 9.64 Å². The molecule has 0 saturated carbocycles. The second kappa shape index (κ2) is 7.72. The first-order valence-corrected chi connectivity index (χ1v) is 8.49. The third-order valence-corrected chi connectivity index (χ3v) is 4.78. The summed E-state index contributed by atoms with van der Waals surface area (Å²) in [5.41, 5.74) is 0.796. The van der Waals surface area contributed by atoms with E-state index in [1.807, 2.05) is 11.0 Å². The molecule has 0 N–H and O–H groups in total. The van der Waals surface area contributed by atoms with E-state index in [1.54, 1.807) is 12.1 Å². The van der Waals surface area contributed by atoms with Crippen LogP contribution in [0.25, 0.3) is 0 Å². The number of hydrogen-bond donors (Lipinski definition) is 0. The maximum absolute atomic E-state index is 12.9. The van der Waals surface area contributed by atoms with E-state index in [0.717, 1.165) is 25.8 Å². The minimum Gasteiger partial charge on any atom is -0.378 e. The summed E-state index contributed by atoms with van der Waals surface area (Å²) in [4.78, 5) is 27.7. The number of hydrogen-bond acceptors (Lipinski definition) is 5. The Morgan fingerprint density at radius 1 is 1.21 bits per heavy atom. The lowest BCUT2D eigenvalue weighted by atomic mass is 9.99. The lowest BCUT2D eigenvalue weighted by molar-refractivity contribution is -0.385. The van der Waals surface area contributed by atoms with E-state index in [1.165, 1.54) is 6.07 Å². The molecule has 2 saturated heterocycles. The number of amides is 1. The van der Waals surface area contributed by atoms with Crippen molar-refractivity contribution in [3.8, 4) is 0 Å². The Labute approximate surface area is 141 Å². The summed E-state index contributed by atoms with van der Waals surface area (Å²) in [5, 5.41) is 11.2. The maximum Gasteiger partial charge on any atom is 0.273 e. The van der Waals surface area contributed by atoms with Crippen LogP contribution < -0.4 is 0 Å². The molecule has 2 heterocycles. The standard InChI is InChI=1S/C17H23N3O4/c21-17(18-9-11-24-12-10-18)16-7-3-4-8-19(16)13-14-5-1-2-6-15(14)20(22)23/h1-2,5-6,16H,3-4,7-13H2/t16-/m0/s1. The van der Waals surface area contributed by atoms with Crippen LogP contribution in [0.5, 0.6) is 0 Å². The minimum atomic E-state index is -0.349. The maximum atomic E-state index is 12.9. The molecule has 1 aromatic rings. The molecule has 1 atom stereocenters. The molecule has 2 aliphatic rings. The predicted octanol–water partition coefficient (Wildman–Crippen LogP) is 1.81. The lowest BCUT2D eigenvalue weighted by Gasteiger charge is -2.38. The zero-order valence-electron chi connectivity index (χ0n) is 13.7. The number of benzene rings is 1. The fourth-order valence-corrected chi connectivity index (χ4v) is 3.50. The topological polar surface area (TPSA) is 75.9 Å². The summed E-state index contributed by atoms with van der Waals surface area (Å²) in [6.07, 6.45) is 2.86. The number of nitro benzene ring substituents is 1. The molecule has 3 rings (SSSR count). The number of likely N-dealkylation sites (tertiary alicyclic amines) is 1. The van der Waals surface area contributed by atoms with E-state index in [9.17, 15) is 14.9 Å². The Kier molecular flexibility index (Phi) is 5.42. The first kappa shape index (κ1) is 16.9. The van der Waals surface area contributed by atoms with Crippen molar-refractivity contribution >= 4 is 11.6 Å². The Morgan fingerprint density at radius 3 is 2.71 bits per heavy atom. The van der Waals surface area contributed by atoms with E-state index in [4.69, 9.17) is 4.74 Å². The van der Waals surface area contributed by atoms with Crippen LogP contribution in [0.2, 0.25) is 0 Å². The Morgan fingerprint density at radius 2 is 1.96 bits per heavy atom. The van der Waals surface area contributed by atoms with Gasteiger partial charge in [-0.25, -0.2) is 0 Å². The van der Waals surface area contributed by atoms with Crippen molar-refractivity contribution in [2.45, 2.75) is 31.8 Å². The Hall–Kier alpha value is -1.99. The summed E-state index contributed by atoms with van der Waals surface area (Å²) in [6, 6.07) is 6.61. The van der Waals surface area contributed by atoms with Crippen molar-refractivity contribution in [1.29, 1.82) is 0 Å². The number of ether oxygens (including phenoxy) is 1. The van der Waals surface area contributed by atoms with Crippen molar-refractivity contribution in [1.82, 2.24) is 9.80 Å². The van der Waals surface area contributed by atoms with Gasteiger partial charge in [-0.05, 0) is 19.4 Å². The zero-order chi connectivity index (χ0) is 16.9. The normalized spacial score (nSPS) is 22.3. The van der Waals surface area contributed by atoms with Gasteiger partial charge in [0.05, 0.1) is 24.2 Å². The molecule has 1 amide bonds. The number of rotatable bonds is 4. The number of carbonyl (C=O) groups is 1. The SMILES string of the molecule is O=C([C@@H]1CCCCN1Cc1ccccc1[N+](=O)[O-])N1CCOCC1. The van der Waals surface area contributed by atoms with Crippen LogP contribution in [0.1, 0.15) is 24.8 Å². The smallest absolute Gasteiger partial charge is 0.273 e. The van der Waals surface area contributed by atoms with Crippen LogP contribution in [0.4, 0.5) is 5.69 Å². The van der Waals surface area contributed by atoms with Gasteiger partial charge in [0.15, 0.2) is 0 Å². The van der Waals surface area contributed by atoms with Gasteiger partial charge >= 0.3 is 0 Å². The Balaban J connectivity index is 1.75. The minimum absolute atomic E-state index is 0.126. The summed E-state index contributed by atoms with van der Waals surface area (Å²) >= 11 is 0. The van der Waals surface area contributed by atoms with Crippen molar-refractivity contribution in [2.75, 3.05) is 32.8 Å². The molecule has 1 aromatic carbocycles. The van der Waals surface area contributed by atoms with Crippen LogP contribution in [0.3, 0.4) is 0 Å². The molecular weight excluding hydrogens is 310 g/mol. The van der Waals surface area contributed by atoms with Gasteiger partial charge in [0.25, 0.3) is 5.69 Å². The molecule has 130 valence electrons. The van der Waals surface area contributed by atoms with E-state index in [0.29, 0.717) is 38.4 Å². The highest BCUT2D eigenvalue weighted by molar-refractivity contribution is 5.82. The number of para-hydroxylation sites is 1. The van der Waals surface area contributed by atoms with E-state index in [-0.39, 0.29) is 22.6 Å². The van der Waals surface area contributed by atoms with Crippen molar-refractivity contribution in [3.05, 3.63) is 39.9 Å². The van der Waals surface area contributed by atoms with E-state index < -0.39 is 0 Å². The average molecular weight is 333 g/mol. The van der Waals surface area contributed by atoms with Crippen molar-refractivity contribution in [2.24, 2.45) is 0 Å². The van der Waals surface area contributed by atoms with Gasteiger partial charge in [0, 0.05) is 31.3 Å². The highest BCUT2D eigenvalue weighted by Gasteiger charge is 2.33. The largest absolute Gasteiger partial charge is 0.378 e. The molecule has 2 aliphatic heterocycles. The highest BCUT2D eigenvalue weighted by atomic mass is 16.6. The summed E-state index contributed by atoms with van der Waals surface area (Å²) in [6.45, 7) is 3.68. The number of carbonyl (C=O) groups excluding carboxylic acids is 1. The van der Waals surface area contributed by atoms with Crippen LogP contribution >= 0.6 is 0 Å². The second-order valence-corrected chi connectivity index (χ2v) is 6.31. The van der Waals surface area contributed by atoms with Gasteiger partial charge in [-0.3, -0.25) is 19.8 Å². The van der Waals surface area contributed by atoms with Gasteiger partial charge in [0.1, 0.15) is 0 Å². The molecule has 0 bridgehead atoms. The third-order valence-electron chi connectivity index (χ3n) is 4.78. The third kappa shape index (κ3) is 3.73. The van der Waals surface area contributed by atoms with Gasteiger partial charge in [-0.15, -0.1) is 0 Å². The molecule has 0 aromatic heterocycles. The predicted molar refractivity (Wildman–Crippen MR) is 88.5 cm³/mol. The molecule has 0 spiro atoms. The molecule has 24 heavy (non-hydrogen) atoms. The summed E-state index contributed by atoms with van der Waals surface area (Å²) in [5.74, 6) is 0.136. The number of nitro groups is 1. The monoisotopic (exact) mass is 333 g/mol. The number of morpholine rings is 1. The fraction of sp³-hybridized carbons (Fsp3) is 0.588. The first-order chi connectivity index (χ1) is 11.7. The highest BCUT2D eigenvalue weighted by Crippen LogP contribution is 2.25. The van der Waals surface area contributed by atoms with Crippen molar-refractivity contribution < 1.29 is 14.5 Å².